The van der Waals surface area contributed by atoms with E-state index in [0.29, 0.717) is 11.5 Å². The lowest BCUT2D eigenvalue weighted by Gasteiger charge is -2.55. The monoisotopic (exact) mass is 462 g/mol. The van der Waals surface area contributed by atoms with Crippen molar-refractivity contribution in [3.8, 4) is 5.75 Å². The van der Waals surface area contributed by atoms with E-state index in [0.717, 1.165) is 54.0 Å². The lowest BCUT2D eigenvalue weighted by Crippen LogP contribution is -2.51. The molecule has 1 N–H and O–H groups in total. The zero-order valence-electron chi connectivity index (χ0n) is 19.0. The van der Waals surface area contributed by atoms with Crippen LogP contribution in [0.1, 0.15) is 49.5 Å². The molecule has 4 bridgehead atoms. The van der Waals surface area contributed by atoms with Crippen molar-refractivity contribution in [1.82, 2.24) is 0 Å². The Hall–Kier alpha value is -2.47. The van der Waals surface area contributed by atoms with E-state index in [-0.39, 0.29) is 22.6 Å². The molecule has 2 aromatic carbocycles. The highest BCUT2D eigenvalue weighted by Crippen LogP contribution is 2.60. The average Bonchev–Trinajstić information content (AvgIpc) is 3.19. The Morgan fingerprint density at radius 1 is 1.00 bits per heavy atom. The third-order valence-corrected chi connectivity index (χ3v) is 9.40. The SMILES string of the molecule is COc1ccccc1N1C(=O)CSC1c1ccc(NC(=O)C23CC4CC(CC(C4)C2)C3)cc1. The van der Waals surface area contributed by atoms with Crippen LogP contribution in [-0.4, -0.2) is 24.7 Å². The Morgan fingerprint density at radius 3 is 2.27 bits per heavy atom. The Labute approximate surface area is 199 Å². The number of methoxy groups -OCH3 is 1. The van der Waals surface area contributed by atoms with E-state index in [1.54, 1.807) is 18.9 Å². The summed E-state index contributed by atoms with van der Waals surface area (Å²) in [6.07, 6.45) is 7.21. The molecule has 0 radical (unpaired) electrons. The predicted octanol–water partition coefficient (Wildman–Crippen LogP) is 5.63. The number of ether oxygens (including phenoxy) is 1. The predicted molar refractivity (Wildman–Crippen MR) is 131 cm³/mol. The highest BCUT2D eigenvalue weighted by molar-refractivity contribution is 8.00. The molecular formula is C27H30N2O3S. The number of benzene rings is 2. The molecule has 1 saturated heterocycles. The number of para-hydroxylation sites is 2. The molecule has 4 aliphatic carbocycles. The second-order valence-electron chi connectivity index (χ2n) is 10.4. The first-order valence-electron chi connectivity index (χ1n) is 12.0. The normalized spacial score (nSPS) is 32.3. The second kappa shape index (κ2) is 8.08. The zero-order chi connectivity index (χ0) is 22.6. The molecule has 4 saturated carbocycles. The Morgan fingerprint density at radius 2 is 1.64 bits per heavy atom. The number of carbonyl (C=O) groups is 2. The topological polar surface area (TPSA) is 58.6 Å². The number of nitrogens with zero attached hydrogens (tertiary/aromatic N) is 1. The molecule has 1 unspecified atom stereocenters. The fourth-order valence-electron chi connectivity index (χ4n) is 7.14. The number of hydrogen-bond acceptors (Lipinski definition) is 4. The van der Waals surface area contributed by atoms with Crippen LogP contribution in [0, 0.1) is 23.2 Å². The molecule has 1 aliphatic heterocycles. The quantitative estimate of drug-likeness (QED) is 0.626. The van der Waals surface area contributed by atoms with Crippen molar-refractivity contribution in [2.24, 2.45) is 23.2 Å². The molecule has 5 fully saturated rings. The molecule has 2 amide bonds. The number of thioether (sulfide) groups is 1. The number of hydrogen-bond donors (Lipinski definition) is 1. The van der Waals surface area contributed by atoms with Crippen LogP contribution in [0.5, 0.6) is 5.75 Å². The van der Waals surface area contributed by atoms with Crippen LogP contribution in [0.4, 0.5) is 11.4 Å². The van der Waals surface area contributed by atoms with Crippen molar-refractivity contribution < 1.29 is 14.3 Å². The van der Waals surface area contributed by atoms with E-state index in [2.05, 4.69) is 5.32 Å². The number of anilines is 2. The van der Waals surface area contributed by atoms with Gasteiger partial charge in [0.15, 0.2) is 0 Å². The molecule has 172 valence electrons. The first kappa shape index (κ1) is 21.1. The van der Waals surface area contributed by atoms with Gasteiger partial charge in [-0.1, -0.05) is 24.3 Å². The van der Waals surface area contributed by atoms with E-state index < -0.39 is 0 Å². The van der Waals surface area contributed by atoms with Gasteiger partial charge in [-0.25, -0.2) is 0 Å². The first-order valence-corrected chi connectivity index (χ1v) is 13.1. The maximum Gasteiger partial charge on any atom is 0.238 e. The van der Waals surface area contributed by atoms with E-state index in [9.17, 15) is 9.59 Å². The molecule has 1 atom stereocenters. The fourth-order valence-corrected chi connectivity index (χ4v) is 8.31. The molecule has 2 aromatic rings. The van der Waals surface area contributed by atoms with Gasteiger partial charge in [0.05, 0.1) is 24.0 Å². The van der Waals surface area contributed by atoms with Gasteiger partial charge < -0.3 is 10.1 Å². The van der Waals surface area contributed by atoms with Crippen LogP contribution in [0.15, 0.2) is 48.5 Å². The molecule has 7 rings (SSSR count). The van der Waals surface area contributed by atoms with Gasteiger partial charge in [-0.05, 0) is 86.1 Å². The van der Waals surface area contributed by atoms with Crippen LogP contribution >= 0.6 is 11.8 Å². The summed E-state index contributed by atoms with van der Waals surface area (Å²) in [6, 6.07) is 15.7. The van der Waals surface area contributed by atoms with Gasteiger partial charge in [-0.15, -0.1) is 11.8 Å². The van der Waals surface area contributed by atoms with Crippen molar-refractivity contribution >= 4 is 35.0 Å². The maximum atomic E-state index is 13.4. The van der Waals surface area contributed by atoms with E-state index in [1.807, 2.05) is 53.4 Å². The molecule has 1 heterocycles. The highest BCUT2D eigenvalue weighted by atomic mass is 32.2. The molecule has 6 heteroatoms. The summed E-state index contributed by atoms with van der Waals surface area (Å²) < 4.78 is 5.50. The summed E-state index contributed by atoms with van der Waals surface area (Å²) in [5.41, 5.74) is 2.53. The van der Waals surface area contributed by atoms with Crippen LogP contribution in [-0.2, 0) is 9.59 Å². The number of carbonyl (C=O) groups excluding carboxylic acids is 2. The van der Waals surface area contributed by atoms with Crippen LogP contribution in [0.3, 0.4) is 0 Å². The molecule has 0 aromatic heterocycles. The van der Waals surface area contributed by atoms with Crippen molar-refractivity contribution in [3.05, 3.63) is 54.1 Å². The minimum atomic E-state index is -0.151. The third kappa shape index (κ3) is 3.63. The third-order valence-electron chi connectivity index (χ3n) is 8.19. The van der Waals surface area contributed by atoms with Crippen molar-refractivity contribution in [2.75, 3.05) is 23.1 Å². The van der Waals surface area contributed by atoms with Crippen LogP contribution in [0.2, 0.25) is 0 Å². The van der Waals surface area contributed by atoms with Gasteiger partial charge in [0.25, 0.3) is 0 Å². The van der Waals surface area contributed by atoms with Gasteiger partial charge in [0.2, 0.25) is 11.8 Å². The fraction of sp³-hybridized carbons (Fsp3) is 0.481. The van der Waals surface area contributed by atoms with Crippen molar-refractivity contribution in [2.45, 2.75) is 43.9 Å². The summed E-state index contributed by atoms with van der Waals surface area (Å²) in [5, 5.41) is 3.13. The molecule has 5 nitrogen and oxygen atoms in total. The summed E-state index contributed by atoms with van der Waals surface area (Å²) >= 11 is 1.62. The number of nitrogens with one attached hydrogen (secondary N) is 1. The second-order valence-corrected chi connectivity index (χ2v) is 11.4. The van der Waals surface area contributed by atoms with Crippen LogP contribution in [0.25, 0.3) is 0 Å². The van der Waals surface area contributed by atoms with Gasteiger partial charge in [-0.3, -0.25) is 14.5 Å². The number of rotatable bonds is 5. The lowest BCUT2D eigenvalue weighted by molar-refractivity contribution is -0.140. The van der Waals surface area contributed by atoms with E-state index in [1.165, 1.54) is 19.3 Å². The maximum absolute atomic E-state index is 13.4. The minimum Gasteiger partial charge on any atom is -0.495 e. The van der Waals surface area contributed by atoms with Crippen LogP contribution < -0.4 is 15.0 Å². The average molecular weight is 463 g/mol. The Balaban J connectivity index is 1.20. The first-order chi connectivity index (χ1) is 16.0. The summed E-state index contributed by atoms with van der Waals surface area (Å²) in [4.78, 5) is 27.9. The number of amides is 2. The molecule has 0 spiro atoms. The summed E-state index contributed by atoms with van der Waals surface area (Å²) in [6.45, 7) is 0. The Bertz CT molecular complexity index is 1050. The summed E-state index contributed by atoms with van der Waals surface area (Å²) in [5.74, 6) is 3.68. The standard InChI is InChI=1S/C27H30N2O3S/c1-32-23-5-3-2-4-22(23)29-24(30)16-33-25(29)20-6-8-21(9-7-20)28-26(31)27-13-17-10-18(14-27)12-19(11-17)15-27/h2-9,17-19,25H,10-16H2,1H3,(H,28,31). The van der Waals surface area contributed by atoms with Gasteiger partial charge in [0.1, 0.15) is 11.1 Å². The van der Waals surface area contributed by atoms with Gasteiger partial charge in [0, 0.05) is 5.69 Å². The molecular weight excluding hydrogens is 432 g/mol. The largest absolute Gasteiger partial charge is 0.495 e. The van der Waals surface area contributed by atoms with Crippen molar-refractivity contribution in [3.63, 3.8) is 0 Å². The Kier molecular flexibility index (Phi) is 5.17. The zero-order valence-corrected chi connectivity index (χ0v) is 19.8. The van der Waals surface area contributed by atoms with E-state index in [4.69, 9.17) is 4.74 Å². The minimum absolute atomic E-state index is 0.0775. The molecule has 33 heavy (non-hydrogen) atoms. The summed E-state index contributed by atoms with van der Waals surface area (Å²) in [7, 11) is 1.63. The van der Waals surface area contributed by atoms with Gasteiger partial charge >= 0.3 is 0 Å². The van der Waals surface area contributed by atoms with Gasteiger partial charge in [-0.2, -0.15) is 0 Å². The lowest BCUT2D eigenvalue weighted by atomic mass is 9.49. The van der Waals surface area contributed by atoms with Crippen molar-refractivity contribution in [1.29, 1.82) is 0 Å². The highest BCUT2D eigenvalue weighted by Gasteiger charge is 2.54. The smallest absolute Gasteiger partial charge is 0.238 e. The molecule has 5 aliphatic rings. The van der Waals surface area contributed by atoms with E-state index >= 15 is 0 Å².